The molecule has 0 heterocycles. The van der Waals surface area contributed by atoms with Gasteiger partial charge in [-0.3, -0.25) is 0 Å². The summed E-state index contributed by atoms with van der Waals surface area (Å²) >= 11 is 0. The van der Waals surface area contributed by atoms with Crippen LogP contribution in [-0.4, -0.2) is 0 Å². The normalized spacial score (nSPS) is 29.8. The van der Waals surface area contributed by atoms with Gasteiger partial charge in [0.15, 0.2) is 0 Å². The zero-order chi connectivity index (χ0) is 8.48. The van der Waals surface area contributed by atoms with Crippen LogP contribution in [0.25, 0.3) is 0 Å². The molecule has 0 aliphatic heterocycles. The van der Waals surface area contributed by atoms with Gasteiger partial charge in [0.25, 0.3) is 0 Å². The van der Waals surface area contributed by atoms with E-state index in [1.54, 1.807) is 5.57 Å². The van der Waals surface area contributed by atoms with Crippen molar-refractivity contribution in [3.05, 3.63) is 11.6 Å². The van der Waals surface area contributed by atoms with Crippen molar-refractivity contribution >= 4 is 0 Å². The van der Waals surface area contributed by atoms with Crippen molar-refractivity contribution in [2.24, 2.45) is 11.3 Å². The van der Waals surface area contributed by atoms with Crippen LogP contribution in [0.1, 0.15) is 47.0 Å². The fraction of sp³-hybridized carbons (Fsp3) is 0.818. The highest BCUT2D eigenvalue weighted by Gasteiger charge is 2.25. The van der Waals surface area contributed by atoms with Gasteiger partial charge in [0, 0.05) is 0 Å². The lowest BCUT2D eigenvalue weighted by Crippen LogP contribution is -2.20. The maximum absolute atomic E-state index is 2.46. The summed E-state index contributed by atoms with van der Waals surface area (Å²) in [7, 11) is 0. The Balaban J connectivity index is 2.68. The predicted molar refractivity (Wildman–Crippen MR) is 50.6 cm³/mol. The van der Waals surface area contributed by atoms with Crippen molar-refractivity contribution in [2.45, 2.75) is 47.0 Å². The monoisotopic (exact) mass is 152 g/mol. The summed E-state index contributed by atoms with van der Waals surface area (Å²) in [6, 6.07) is 0. The summed E-state index contributed by atoms with van der Waals surface area (Å²) in [6.45, 7) is 9.32. The molecule has 64 valence electrons. The van der Waals surface area contributed by atoms with E-state index in [0.29, 0.717) is 5.41 Å². The molecule has 1 rings (SSSR count). The lowest BCUT2D eigenvalue weighted by Gasteiger charge is -2.33. The minimum Gasteiger partial charge on any atom is -0.0825 e. The van der Waals surface area contributed by atoms with Crippen molar-refractivity contribution in [3.8, 4) is 0 Å². The smallest absolute Gasteiger partial charge is 0.0228 e. The van der Waals surface area contributed by atoms with Crippen molar-refractivity contribution in [2.75, 3.05) is 0 Å². The molecular weight excluding hydrogens is 132 g/mol. The van der Waals surface area contributed by atoms with E-state index in [1.165, 1.54) is 19.3 Å². The Morgan fingerprint density at radius 2 is 2.18 bits per heavy atom. The molecule has 0 aromatic carbocycles. The second kappa shape index (κ2) is 3.00. The Kier molecular flexibility index (Phi) is 2.41. The molecule has 11 heavy (non-hydrogen) atoms. The van der Waals surface area contributed by atoms with Gasteiger partial charge in [-0.25, -0.2) is 0 Å². The molecule has 1 atom stereocenters. The zero-order valence-electron chi connectivity index (χ0n) is 8.28. The number of rotatable bonds is 1. The van der Waals surface area contributed by atoms with E-state index in [1.807, 2.05) is 0 Å². The highest BCUT2D eigenvalue weighted by molar-refractivity contribution is 5.09. The first-order chi connectivity index (χ1) is 5.03. The first kappa shape index (κ1) is 8.83. The standard InChI is InChI=1S/C11H20/c1-5-10-6-9(2)7-11(3,4)8-10/h6,10H,5,7-8H2,1-4H3. The molecule has 0 radical (unpaired) electrons. The van der Waals surface area contributed by atoms with Crippen LogP contribution in [-0.2, 0) is 0 Å². The SMILES string of the molecule is CCC1C=C(C)CC(C)(C)C1. The highest BCUT2D eigenvalue weighted by atomic mass is 14.3. The molecule has 0 bridgehead atoms. The molecule has 1 aliphatic carbocycles. The van der Waals surface area contributed by atoms with Gasteiger partial charge in [0.2, 0.25) is 0 Å². The van der Waals surface area contributed by atoms with Gasteiger partial charge in [0.1, 0.15) is 0 Å². The van der Waals surface area contributed by atoms with Crippen LogP contribution in [0.2, 0.25) is 0 Å². The maximum atomic E-state index is 2.46. The van der Waals surface area contributed by atoms with Crippen LogP contribution in [0.4, 0.5) is 0 Å². The Hall–Kier alpha value is -0.260. The third-order valence-electron chi connectivity index (χ3n) is 2.62. The average Bonchev–Trinajstić information content (AvgIpc) is 1.83. The summed E-state index contributed by atoms with van der Waals surface area (Å²) in [4.78, 5) is 0. The first-order valence-electron chi connectivity index (χ1n) is 4.71. The van der Waals surface area contributed by atoms with Gasteiger partial charge in [0.05, 0.1) is 0 Å². The second-order valence-corrected chi connectivity index (χ2v) is 4.73. The van der Waals surface area contributed by atoms with Gasteiger partial charge in [-0.2, -0.15) is 0 Å². The molecule has 0 saturated heterocycles. The summed E-state index contributed by atoms with van der Waals surface area (Å²) in [5.74, 6) is 0.846. The summed E-state index contributed by atoms with van der Waals surface area (Å²) < 4.78 is 0. The van der Waals surface area contributed by atoms with E-state index in [-0.39, 0.29) is 0 Å². The van der Waals surface area contributed by atoms with Crippen molar-refractivity contribution in [3.63, 3.8) is 0 Å². The topological polar surface area (TPSA) is 0 Å². The van der Waals surface area contributed by atoms with Gasteiger partial charge in [-0.1, -0.05) is 32.4 Å². The molecule has 0 nitrogen and oxygen atoms in total. The lowest BCUT2D eigenvalue weighted by molar-refractivity contribution is 0.267. The van der Waals surface area contributed by atoms with Crippen molar-refractivity contribution in [1.29, 1.82) is 0 Å². The van der Waals surface area contributed by atoms with Crippen LogP contribution in [0.3, 0.4) is 0 Å². The van der Waals surface area contributed by atoms with Crippen molar-refractivity contribution in [1.82, 2.24) is 0 Å². The van der Waals surface area contributed by atoms with Gasteiger partial charge in [-0.15, -0.1) is 0 Å². The van der Waals surface area contributed by atoms with E-state index < -0.39 is 0 Å². The predicted octanol–water partition coefficient (Wildman–Crippen LogP) is 3.78. The van der Waals surface area contributed by atoms with Crippen LogP contribution in [0.15, 0.2) is 11.6 Å². The van der Waals surface area contributed by atoms with Gasteiger partial charge >= 0.3 is 0 Å². The fourth-order valence-corrected chi connectivity index (χ4v) is 2.32. The molecule has 1 aliphatic rings. The molecule has 0 aromatic heterocycles. The van der Waals surface area contributed by atoms with Crippen LogP contribution < -0.4 is 0 Å². The first-order valence-corrected chi connectivity index (χ1v) is 4.71. The fourth-order valence-electron chi connectivity index (χ4n) is 2.32. The quantitative estimate of drug-likeness (QED) is 0.502. The number of allylic oxidation sites excluding steroid dienone is 2. The molecule has 0 spiro atoms. The number of hydrogen-bond donors (Lipinski definition) is 0. The Bertz CT molecular complexity index is 163. The van der Waals surface area contributed by atoms with Gasteiger partial charge in [-0.05, 0) is 37.5 Å². The Labute approximate surface area is 70.7 Å². The molecule has 0 heteroatoms. The Morgan fingerprint density at radius 1 is 1.55 bits per heavy atom. The van der Waals surface area contributed by atoms with E-state index in [2.05, 4.69) is 33.8 Å². The number of hydrogen-bond acceptors (Lipinski definition) is 0. The van der Waals surface area contributed by atoms with Crippen LogP contribution in [0, 0.1) is 11.3 Å². The van der Waals surface area contributed by atoms with E-state index >= 15 is 0 Å². The van der Waals surface area contributed by atoms with E-state index in [4.69, 9.17) is 0 Å². The second-order valence-electron chi connectivity index (χ2n) is 4.73. The maximum Gasteiger partial charge on any atom is -0.0228 e. The highest BCUT2D eigenvalue weighted by Crippen LogP contribution is 2.38. The molecule has 0 N–H and O–H groups in total. The van der Waals surface area contributed by atoms with Crippen molar-refractivity contribution < 1.29 is 0 Å². The molecule has 1 unspecified atom stereocenters. The average molecular weight is 152 g/mol. The minimum absolute atomic E-state index is 0.555. The molecule has 0 saturated carbocycles. The Morgan fingerprint density at radius 3 is 2.64 bits per heavy atom. The third-order valence-corrected chi connectivity index (χ3v) is 2.62. The summed E-state index contributed by atoms with van der Waals surface area (Å²) in [5.41, 5.74) is 2.15. The summed E-state index contributed by atoms with van der Waals surface area (Å²) in [6.07, 6.45) is 6.44. The lowest BCUT2D eigenvalue weighted by atomic mass is 9.72. The summed E-state index contributed by atoms with van der Waals surface area (Å²) in [5, 5.41) is 0. The third kappa shape index (κ3) is 2.36. The molecule has 0 fully saturated rings. The van der Waals surface area contributed by atoms with Crippen LogP contribution in [0.5, 0.6) is 0 Å². The van der Waals surface area contributed by atoms with Crippen LogP contribution >= 0.6 is 0 Å². The van der Waals surface area contributed by atoms with E-state index in [9.17, 15) is 0 Å². The van der Waals surface area contributed by atoms with E-state index in [0.717, 1.165) is 5.92 Å². The molecule has 0 aromatic rings. The molecular formula is C11H20. The zero-order valence-corrected chi connectivity index (χ0v) is 8.28. The molecule has 0 amide bonds. The largest absolute Gasteiger partial charge is 0.0825 e. The van der Waals surface area contributed by atoms with Gasteiger partial charge < -0.3 is 0 Å². The minimum atomic E-state index is 0.555.